The Morgan fingerprint density at radius 3 is 2.15 bits per heavy atom. The Labute approximate surface area is 649 Å². The minimum Gasteiger partial charge on any atom is -0.493 e. The van der Waals surface area contributed by atoms with Crippen molar-refractivity contribution < 1.29 is 76.7 Å². The fraction of sp³-hybridized carbons (Fsp3) is 0.435. The Hall–Kier alpha value is -11.5. The summed E-state index contributed by atoms with van der Waals surface area (Å²) in [5.41, 5.74) is 9.33. The average Bonchev–Trinajstić information content (AvgIpc) is 1.56. The molecule has 586 valence electrons. The minimum atomic E-state index is -1.49. The van der Waals surface area contributed by atoms with Crippen molar-refractivity contribution in [2.24, 2.45) is 11.3 Å². The highest BCUT2D eigenvalue weighted by molar-refractivity contribution is 6.07. The van der Waals surface area contributed by atoms with Gasteiger partial charge in [-0.1, -0.05) is 92.2 Å². The van der Waals surface area contributed by atoms with Crippen LogP contribution in [0.3, 0.4) is 0 Å². The van der Waals surface area contributed by atoms with Crippen LogP contribution in [0.2, 0.25) is 0 Å². The van der Waals surface area contributed by atoms with Crippen molar-refractivity contribution in [3.8, 4) is 51.4 Å². The van der Waals surface area contributed by atoms with Crippen molar-refractivity contribution >= 4 is 70.1 Å². The van der Waals surface area contributed by atoms with Crippen LogP contribution in [0.15, 0.2) is 122 Å². The van der Waals surface area contributed by atoms with E-state index in [1.807, 2.05) is 104 Å². The van der Waals surface area contributed by atoms with E-state index in [4.69, 9.17) is 28.4 Å². The topological polar surface area (TPSA) is 313 Å². The molecule has 7 aromatic rings. The van der Waals surface area contributed by atoms with Gasteiger partial charge in [-0.3, -0.25) is 38.4 Å². The van der Waals surface area contributed by atoms with Gasteiger partial charge in [0.2, 0.25) is 29.5 Å². The number of fused-ring (bicyclic) bond motifs is 9. The number of Topliss-reactive ketones (excluding diaryl/α,β-unsaturated/α-hetero) is 2. The summed E-state index contributed by atoms with van der Waals surface area (Å²) in [4.78, 5) is 138. The number of hydrogen-bond donors (Lipinski definition) is 3. The van der Waals surface area contributed by atoms with Gasteiger partial charge in [-0.15, -0.1) is 5.10 Å². The van der Waals surface area contributed by atoms with Gasteiger partial charge in [-0.05, 0) is 140 Å². The number of aliphatic hydroxyl groups excluding tert-OH is 1. The van der Waals surface area contributed by atoms with Crippen LogP contribution in [0.25, 0.3) is 28.1 Å². The number of nitrogens with one attached hydrogen (secondary N) is 2. The number of aromatic nitrogens is 4. The number of amides is 7. The molecule has 0 unspecified atom stereocenters. The first-order valence-electron chi connectivity index (χ1n) is 38.7. The van der Waals surface area contributed by atoms with E-state index in [9.17, 15) is 48.3 Å². The summed E-state index contributed by atoms with van der Waals surface area (Å²) < 4.78 is 37.3. The van der Waals surface area contributed by atoms with Crippen LogP contribution in [0.5, 0.6) is 28.9 Å². The predicted molar refractivity (Wildman–Crippen MR) is 413 cm³/mol. The van der Waals surface area contributed by atoms with Crippen LogP contribution >= 0.6 is 0 Å². The van der Waals surface area contributed by atoms with Crippen molar-refractivity contribution in [1.29, 1.82) is 0 Å². The van der Waals surface area contributed by atoms with Crippen molar-refractivity contribution in [2.75, 3.05) is 64.0 Å². The standard InChI is InChI=1S/C85H95N11O16/c1-8-51(4)77(88-80(102)65-19-13-34-91(65)76(101)45-86-73(99)29-27-59(97)28-31-75(100)93-46-56-15-9-10-16-60(56)78-79(96(50(2)3)90-89-78)61-17-11-12-18-64(61)93)68(98)37-52-20-22-53(23-21-52)48-112-84(106)95-66-42-72(70(108-6)41-63(66)82(104)94-49-85(32-33-85)43-67(94)83(95)105)111-36-14-35-110-71-39-54-24-26-58-38-57(55-25-30-74(109-7)87-44-55)47-92(58)81(103)62(54)40-69(71)107-5/h9-12,15-18,20-23,25,30,39-42,44,47,50-51,58,65,67,77,83,105H,8,13-14,19,24,26-29,31-38,43,45-46,48-49H2,1-7H3,(H,86,99)(H,88,102)/t51-,58+,65-,67-,77-,83-/m0/s1. The van der Waals surface area contributed by atoms with Gasteiger partial charge >= 0.3 is 6.09 Å². The first-order valence-corrected chi connectivity index (χ1v) is 38.7. The lowest BCUT2D eigenvalue weighted by molar-refractivity contribution is -0.139. The minimum absolute atomic E-state index is 0.0166. The molecule has 2 saturated heterocycles. The molecule has 2 aromatic heterocycles. The highest BCUT2D eigenvalue weighted by atomic mass is 16.6. The van der Waals surface area contributed by atoms with Gasteiger partial charge in [-0.25, -0.2) is 19.4 Å². The lowest BCUT2D eigenvalue weighted by Gasteiger charge is -2.31. The number of aliphatic hydroxyl groups is 1. The quantitative estimate of drug-likeness (QED) is 0.0384. The number of ether oxygens (including phenoxy) is 6. The Bertz CT molecular complexity index is 4820. The van der Waals surface area contributed by atoms with Gasteiger partial charge in [0.15, 0.2) is 35.0 Å². The summed E-state index contributed by atoms with van der Waals surface area (Å²) in [7, 11) is 4.55. The first-order chi connectivity index (χ1) is 54.1. The second-order valence-electron chi connectivity index (χ2n) is 30.5. The number of rotatable bonds is 28. The molecule has 0 bridgehead atoms. The normalized spacial score (nSPS) is 18.9. The number of carbonyl (C=O) groups excluding carboxylic acids is 9. The molecule has 1 spiro atoms. The zero-order chi connectivity index (χ0) is 78.6. The summed E-state index contributed by atoms with van der Waals surface area (Å²) in [6.07, 6.45) is 6.83. The maximum absolute atomic E-state index is 14.6. The molecule has 14 rings (SSSR count). The maximum atomic E-state index is 14.6. The third-order valence-electron chi connectivity index (χ3n) is 22.9. The molecule has 1 aliphatic carbocycles. The predicted octanol–water partition coefficient (Wildman–Crippen LogP) is 10.6. The van der Waals surface area contributed by atoms with Crippen molar-refractivity contribution in [3.05, 3.63) is 161 Å². The van der Waals surface area contributed by atoms with E-state index in [2.05, 4.69) is 25.9 Å². The highest BCUT2D eigenvalue weighted by Crippen LogP contribution is 2.57. The average molecular weight is 1530 g/mol. The molecule has 27 nitrogen and oxygen atoms in total. The maximum Gasteiger partial charge on any atom is 0.416 e. The third kappa shape index (κ3) is 16.1. The molecule has 3 N–H and O–H groups in total. The number of nitrogens with zero attached hydrogens (tertiary/aromatic N) is 9. The van der Waals surface area contributed by atoms with Crippen LogP contribution < -0.4 is 44.1 Å². The van der Waals surface area contributed by atoms with Crippen LogP contribution in [0.1, 0.15) is 166 Å². The Kier molecular flexibility index (Phi) is 22.9. The summed E-state index contributed by atoms with van der Waals surface area (Å²) in [5.74, 6) is -1.24. The monoisotopic (exact) mass is 1530 g/mol. The molecule has 27 heteroatoms. The molecule has 7 aliphatic rings. The lowest BCUT2D eigenvalue weighted by atomic mass is 9.91. The van der Waals surface area contributed by atoms with Crippen molar-refractivity contribution in [1.82, 2.24) is 45.3 Å². The fourth-order valence-corrected chi connectivity index (χ4v) is 16.3. The highest BCUT2D eigenvalue weighted by Gasteiger charge is 2.58. The second-order valence-corrected chi connectivity index (χ2v) is 30.5. The molecule has 0 radical (unpaired) electrons. The summed E-state index contributed by atoms with van der Waals surface area (Å²) in [6, 6.07) is 30.1. The number of benzene rings is 5. The third-order valence-corrected chi connectivity index (χ3v) is 22.9. The number of pyridine rings is 1. The number of carbonyl (C=O) groups is 9. The number of ketones is 2. The smallest absolute Gasteiger partial charge is 0.416 e. The van der Waals surface area contributed by atoms with E-state index in [-0.39, 0.29) is 140 Å². The summed E-state index contributed by atoms with van der Waals surface area (Å²) >= 11 is 0. The number of hydrogen-bond acceptors (Lipinski definition) is 19. The molecular weight excluding hydrogens is 1430 g/mol. The van der Waals surface area contributed by atoms with Crippen molar-refractivity contribution in [2.45, 2.75) is 174 Å². The molecular formula is C85H95N11O16. The molecule has 7 amide bonds. The Balaban J connectivity index is 0.557. The molecule has 1 saturated carbocycles. The van der Waals surface area contributed by atoms with Crippen LogP contribution in [0, 0.1) is 11.3 Å². The van der Waals surface area contributed by atoms with E-state index in [0.29, 0.717) is 91.2 Å². The van der Waals surface area contributed by atoms with Gasteiger partial charge in [0.25, 0.3) is 11.8 Å². The number of aryl methyl sites for hydroxylation is 1. The number of anilines is 2. The van der Waals surface area contributed by atoms with Gasteiger partial charge < -0.3 is 63.8 Å². The van der Waals surface area contributed by atoms with E-state index in [1.54, 1.807) is 59.5 Å². The van der Waals surface area contributed by atoms with Gasteiger partial charge in [-0.2, -0.15) is 0 Å². The second kappa shape index (κ2) is 33.2. The van der Waals surface area contributed by atoms with E-state index >= 15 is 0 Å². The zero-order valence-electron chi connectivity index (χ0n) is 64.2. The molecule has 112 heavy (non-hydrogen) atoms. The van der Waals surface area contributed by atoms with Gasteiger partial charge in [0.1, 0.15) is 24.1 Å². The van der Waals surface area contributed by atoms with Gasteiger partial charge in [0.05, 0.1) is 82.3 Å². The number of para-hydroxylation sites is 1. The van der Waals surface area contributed by atoms with Crippen molar-refractivity contribution in [3.63, 3.8) is 0 Å². The molecule has 6 aliphatic heterocycles. The molecule has 5 aromatic carbocycles. The van der Waals surface area contributed by atoms with E-state index < -0.39 is 54.7 Å². The zero-order valence-corrected chi connectivity index (χ0v) is 64.2. The molecule has 3 fully saturated rings. The molecule has 6 atom stereocenters. The van der Waals surface area contributed by atoms with Gasteiger partial charge in [0, 0.05) is 105 Å². The summed E-state index contributed by atoms with van der Waals surface area (Å²) in [6.45, 7) is 8.42. The fourth-order valence-electron chi connectivity index (χ4n) is 16.3. The SMILES string of the molecule is CC[C@H](C)[C@H](NC(=O)[C@@H]1CCCN1C(=O)CNC(=O)CCC(=O)CCC(=O)N1Cc2ccccc2-c2nnn(C(C)C)c2-c2ccccc21)C(=O)Cc1ccc(COC(=O)N2c3cc(OCCCOc4cc5c(cc4OC)C(=O)N4C=C(c6ccc(OC)nc6)C[C@H]4CC5)c(OC)cc3C(=O)N3CC4(CC4)C[C@H]3[C@@H]2O)cc1. The number of methoxy groups -OCH3 is 3. The lowest BCUT2D eigenvalue weighted by Crippen LogP contribution is -2.54. The number of likely N-dealkylation sites (tertiary alicyclic amines) is 1. The van der Waals surface area contributed by atoms with E-state index in [1.165, 1.54) is 31.3 Å². The first kappa shape index (κ1) is 77.3. The largest absolute Gasteiger partial charge is 0.493 e. The summed E-state index contributed by atoms with van der Waals surface area (Å²) in [5, 5.41) is 26.9. The molecule has 8 heterocycles. The van der Waals surface area contributed by atoms with Crippen LogP contribution in [0.4, 0.5) is 16.2 Å². The van der Waals surface area contributed by atoms with Crippen LogP contribution in [-0.2, 0) is 59.5 Å². The van der Waals surface area contributed by atoms with Crippen LogP contribution in [-0.4, -0.2) is 177 Å². The Morgan fingerprint density at radius 2 is 1.44 bits per heavy atom. The Morgan fingerprint density at radius 1 is 0.723 bits per heavy atom. The van der Waals surface area contributed by atoms with E-state index in [0.717, 1.165) is 68.9 Å².